The van der Waals surface area contributed by atoms with Crippen LogP contribution >= 0.6 is 0 Å². The second kappa shape index (κ2) is 42.5. The van der Waals surface area contributed by atoms with Crippen molar-refractivity contribution < 1.29 is 28.5 Å². The van der Waals surface area contributed by atoms with Crippen molar-refractivity contribution in [1.82, 2.24) is 4.90 Å². The van der Waals surface area contributed by atoms with E-state index in [0.29, 0.717) is 44.5 Å². The number of likely N-dealkylation sites (tertiary alicyclic amines) is 1. The van der Waals surface area contributed by atoms with Crippen molar-refractivity contribution in [2.75, 3.05) is 52.7 Å². The third-order valence-corrected chi connectivity index (χ3v) is 12.5. The van der Waals surface area contributed by atoms with Crippen LogP contribution in [0.15, 0.2) is 0 Å². The van der Waals surface area contributed by atoms with Gasteiger partial charge in [-0.05, 0) is 82.7 Å². The molecule has 7 heteroatoms. The molecule has 1 fully saturated rings. The van der Waals surface area contributed by atoms with Gasteiger partial charge in [-0.2, -0.15) is 0 Å². The Balaban J connectivity index is 2.17. The zero-order valence-electron chi connectivity index (χ0n) is 39.3. The fourth-order valence-electron chi connectivity index (χ4n) is 8.52. The quantitative estimate of drug-likeness (QED) is 0.0447. The van der Waals surface area contributed by atoms with Crippen LogP contribution in [-0.4, -0.2) is 75.6 Å². The van der Waals surface area contributed by atoms with Gasteiger partial charge in [0.25, 0.3) is 0 Å². The van der Waals surface area contributed by atoms with Gasteiger partial charge in [-0.1, -0.05) is 175 Å². The summed E-state index contributed by atoms with van der Waals surface area (Å²) >= 11 is 0. The Labute approximate surface area is 361 Å². The third kappa shape index (κ3) is 35.6. The first kappa shape index (κ1) is 54.8. The van der Waals surface area contributed by atoms with Crippen LogP contribution in [0.5, 0.6) is 0 Å². The smallest absolute Gasteiger partial charge is 0.305 e. The number of hydrogen-bond acceptors (Lipinski definition) is 7. The molecule has 0 N–H and O–H groups in total. The molecule has 0 aromatic carbocycles. The van der Waals surface area contributed by atoms with Crippen molar-refractivity contribution in [3.63, 3.8) is 0 Å². The first-order valence-corrected chi connectivity index (χ1v) is 25.7. The van der Waals surface area contributed by atoms with E-state index in [4.69, 9.17) is 18.9 Å². The molecular weight excluding hydrogens is 723 g/mol. The van der Waals surface area contributed by atoms with Crippen molar-refractivity contribution in [3.05, 3.63) is 0 Å². The SMILES string of the molecule is CCCCCC(CCCCC)CCOC(=O)CCCCCCCOCC(CCN1CCCCC1)OCCCCCCCC(=O)OCCC(CCCCC)CCCCC. The molecule has 344 valence electrons. The fourth-order valence-corrected chi connectivity index (χ4v) is 8.52. The van der Waals surface area contributed by atoms with Crippen molar-refractivity contribution >= 4 is 11.9 Å². The van der Waals surface area contributed by atoms with Crippen LogP contribution in [0.2, 0.25) is 0 Å². The van der Waals surface area contributed by atoms with Crippen LogP contribution in [-0.2, 0) is 28.5 Å². The van der Waals surface area contributed by atoms with Gasteiger partial charge < -0.3 is 23.8 Å². The lowest BCUT2D eigenvalue weighted by Crippen LogP contribution is -2.34. The third-order valence-electron chi connectivity index (χ3n) is 12.5. The summed E-state index contributed by atoms with van der Waals surface area (Å²) in [5.41, 5.74) is 0. The van der Waals surface area contributed by atoms with Crippen LogP contribution in [0.25, 0.3) is 0 Å². The lowest BCUT2D eigenvalue weighted by atomic mass is 9.92. The summed E-state index contributed by atoms with van der Waals surface area (Å²) in [4.78, 5) is 27.3. The molecule has 1 unspecified atom stereocenters. The van der Waals surface area contributed by atoms with Crippen molar-refractivity contribution in [2.24, 2.45) is 11.8 Å². The Bertz CT molecular complexity index is 859. The molecule has 0 spiro atoms. The zero-order valence-corrected chi connectivity index (χ0v) is 39.3. The van der Waals surface area contributed by atoms with Crippen molar-refractivity contribution in [1.29, 1.82) is 0 Å². The Morgan fingerprint density at radius 1 is 0.448 bits per heavy atom. The van der Waals surface area contributed by atoms with E-state index in [0.717, 1.165) is 103 Å². The predicted molar refractivity (Wildman–Crippen MR) is 246 cm³/mol. The minimum Gasteiger partial charge on any atom is -0.466 e. The maximum absolute atomic E-state index is 12.4. The number of hydrogen-bond donors (Lipinski definition) is 0. The molecule has 1 rings (SSSR count). The Hall–Kier alpha value is -1.18. The summed E-state index contributed by atoms with van der Waals surface area (Å²) in [6, 6.07) is 0. The van der Waals surface area contributed by atoms with Gasteiger partial charge >= 0.3 is 11.9 Å². The van der Waals surface area contributed by atoms with Crippen molar-refractivity contribution in [2.45, 2.75) is 252 Å². The Morgan fingerprint density at radius 2 is 0.879 bits per heavy atom. The maximum Gasteiger partial charge on any atom is 0.305 e. The summed E-state index contributed by atoms with van der Waals surface area (Å²) in [7, 11) is 0. The number of carbonyl (C=O) groups is 2. The molecular formula is C51H99NO6. The summed E-state index contributed by atoms with van der Waals surface area (Å²) in [5.74, 6) is 1.40. The highest BCUT2D eigenvalue weighted by molar-refractivity contribution is 5.69. The number of nitrogens with zero attached hydrogens (tertiary/aromatic N) is 1. The van der Waals surface area contributed by atoms with Crippen molar-refractivity contribution in [3.8, 4) is 0 Å². The monoisotopic (exact) mass is 822 g/mol. The number of carbonyl (C=O) groups excluding carboxylic acids is 2. The lowest BCUT2D eigenvalue weighted by Gasteiger charge is -2.28. The van der Waals surface area contributed by atoms with E-state index in [1.807, 2.05) is 0 Å². The molecule has 0 aromatic heterocycles. The van der Waals surface area contributed by atoms with Gasteiger partial charge in [-0.25, -0.2) is 0 Å². The standard InChI is InChI=1S/C51H99NO6/c1-5-9-20-30-47(31-21-10-6-2)37-44-57-50(53)34-24-15-13-17-28-42-55-46-49(36-41-52-39-26-19-27-40-52)56-43-29-18-14-16-25-35-51(54)58-45-38-48(32-22-11-7-3)33-23-12-8-4/h47-49H,5-46H2,1-4H3. The second-order valence-corrected chi connectivity index (χ2v) is 18.0. The molecule has 0 aliphatic carbocycles. The predicted octanol–water partition coefficient (Wildman–Crippen LogP) is 14.4. The molecule has 58 heavy (non-hydrogen) atoms. The highest BCUT2D eigenvalue weighted by atomic mass is 16.5. The van der Waals surface area contributed by atoms with E-state index in [-0.39, 0.29) is 18.0 Å². The van der Waals surface area contributed by atoms with Crippen LogP contribution < -0.4 is 0 Å². The molecule has 1 saturated heterocycles. The lowest BCUT2D eigenvalue weighted by molar-refractivity contribution is -0.145. The van der Waals surface area contributed by atoms with Gasteiger partial charge in [-0.3, -0.25) is 9.59 Å². The summed E-state index contributed by atoms with van der Waals surface area (Å²) in [6.45, 7) is 16.0. The van der Waals surface area contributed by atoms with E-state index in [1.165, 1.54) is 135 Å². The number of esters is 2. The fraction of sp³-hybridized carbons (Fsp3) is 0.961. The average molecular weight is 822 g/mol. The first-order valence-electron chi connectivity index (χ1n) is 25.7. The van der Waals surface area contributed by atoms with E-state index in [2.05, 4.69) is 32.6 Å². The highest BCUT2D eigenvalue weighted by Crippen LogP contribution is 2.23. The van der Waals surface area contributed by atoms with Gasteiger partial charge in [0.15, 0.2) is 0 Å². The highest BCUT2D eigenvalue weighted by Gasteiger charge is 2.16. The van der Waals surface area contributed by atoms with Crippen LogP contribution in [0.3, 0.4) is 0 Å². The summed E-state index contributed by atoms with van der Waals surface area (Å²) in [6.07, 6.45) is 39.7. The molecule has 1 aliphatic heterocycles. The van der Waals surface area contributed by atoms with E-state index < -0.39 is 0 Å². The second-order valence-electron chi connectivity index (χ2n) is 18.0. The van der Waals surface area contributed by atoms with Gasteiger partial charge in [-0.15, -0.1) is 0 Å². The van der Waals surface area contributed by atoms with E-state index in [1.54, 1.807) is 0 Å². The summed E-state index contributed by atoms with van der Waals surface area (Å²) < 4.78 is 23.8. The molecule has 0 radical (unpaired) electrons. The first-order chi connectivity index (χ1) is 28.5. The molecule has 0 saturated carbocycles. The summed E-state index contributed by atoms with van der Waals surface area (Å²) in [5, 5.41) is 0. The Kier molecular flexibility index (Phi) is 40.2. The minimum atomic E-state index is -0.0124. The van der Waals surface area contributed by atoms with E-state index >= 15 is 0 Å². The molecule has 1 aliphatic rings. The molecule has 7 nitrogen and oxygen atoms in total. The van der Waals surface area contributed by atoms with Crippen LogP contribution in [0, 0.1) is 11.8 Å². The van der Waals surface area contributed by atoms with E-state index in [9.17, 15) is 9.59 Å². The number of piperidine rings is 1. The number of rotatable bonds is 44. The largest absolute Gasteiger partial charge is 0.466 e. The topological polar surface area (TPSA) is 74.3 Å². The van der Waals surface area contributed by atoms with Gasteiger partial charge in [0.1, 0.15) is 0 Å². The van der Waals surface area contributed by atoms with Gasteiger partial charge in [0, 0.05) is 32.6 Å². The Morgan fingerprint density at radius 3 is 1.34 bits per heavy atom. The van der Waals surface area contributed by atoms with Gasteiger partial charge in [0.05, 0.1) is 25.9 Å². The molecule has 0 amide bonds. The molecule has 1 atom stereocenters. The maximum atomic E-state index is 12.4. The van der Waals surface area contributed by atoms with Crippen LogP contribution in [0.4, 0.5) is 0 Å². The number of ether oxygens (including phenoxy) is 4. The zero-order chi connectivity index (χ0) is 42.0. The average Bonchev–Trinajstić information content (AvgIpc) is 3.23. The minimum absolute atomic E-state index is 0.0115. The molecule has 1 heterocycles. The van der Waals surface area contributed by atoms with Gasteiger partial charge in [0.2, 0.25) is 0 Å². The van der Waals surface area contributed by atoms with Crippen LogP contribution in [0.1, 0.15) is 246 Å². The number of unbranched alkanes of at least 4 members (excludes halogenated alkanes) is 16. The normalized spacial score (nSPS) is 14.1. The molecule has 0 aromatic rings. The molecule has 0 bridgehead atoms.